The van der Waals surface area contributed by atoms with E-state index in [0.29, 0.717) is 18.8 Å². The average molecular weight is 259 g/mol. The zero-order chi connectivity index (χ0) is 13.3. The maximum atomic E-state index is 12.7. The average Bonchev–Trinajstić information content (AvgIpc) is 2.80. The summed E-state index contributed by atoms with van der Waals surface area (Å²) in [4.78, 5) is 1.82. The van der Waals surface area contributed by atoms with E-state index in [1.807, 2.05) is 4.90 Å². The quantitative estimate of drug-likeness (QED) is 0.778. The van der Waals surface area contributed by atoms with E-state index in [9.17, 15) is 13.2 Å². The number of rotatable bonds is 2. The molecule has 1 fully saturated rings. The van der Waals surface area contributed by atoms with Crippen LogP contribution < -0.4 is 10.4 Å². The van der Waals surface area contributed by atoms with E-state index in [4.69, 9.17) is 10.0 Å². The first-order valence-electron chi connectivity index (χ1n) is 5.71. The second-order valence-electron chi connectivity index (χ2n) is 4.38. The van der Waals surface area contributed by atoms with Gasteiger partial charge in [-0.05, 0) is 30.4 Å². The maximum absolute atomic E-state index is 12.7. The van der Waals surface area contributed by atoms with Crippen molar-refractivity contribution in [3.63, 3.8) is 0 Å². The number of nitrogens with zero attached hydrogens (tertiary/aromatic N) is 1. The summed E-state index contributed by atoms with van der Waals surface area (Å²) >= 11 is 0. The largest absolute Gasteiger partial charge is 0.488 e. The van der Waals surface area contributed by atoms with E-state index >= 15 is 0 Å². The van der Waals surface area contributed by atoms with Crippen molar-refractivity contribution < 1.29 is 23.2 Å². The Labute approximate surface area is 103 Å². The lowest BCUT2D eigenvalue weighted by molar-refractivity contribution is -0.137. The van der Waals surface area contributed by atoms with Crippen molar-refractivity contribution >= 4 is 18.3 Å². The summed E-state index contributed by atoms with van der Waals surface area (Å²) in [5.41, 5.74) is -0.591. The van der Waals surface area contributed by atoms with Gasteiger partial charge in [-0.15, -0.1) is 0 Å². The standard InChI is InChI=1S/C11H13BF3NO2/c13-11(14,15)8-5-9(12(17)18)7-10(6-8)16-3-1-2-4-16/h5-7,17-18H,1-4H2. The van der Waals surface area contributed by atoms with E-state index in [1.54, 1.807) is 0 Å². The summed E-state index contributed by atoms with van der Waals surface area (Å²) in [6.07, 6.45) is -2.61. The highest BCUT2D eigenvalue weighted by atomic mass is 19.4. The van der Waals surface area contributed by atoms with Crippen LogP contribution in [0.5, 0.6) is 0 Å². The summed E-state index contributed by atoms with van der Waals surface area (Å²) in [7, 11) is -1.89. The number of hydrogen-bond donors (Lipinski definition) is 2. The molecule has 0 spiro atoms. The molecule has 98 valence electrons. The lowest BCUT2D eigenvalue weighted by Crippen LogP contribution is -2.32. The van der Waals surface area contributed by atoms with Gasteiger partial charge in [0.05, 0.1) is 5.56 Å². The van der Waals surface area contributed by atoms with Crippen molar-refractivity contribution in [2.24, 2.45) is 0 Å². The van der Waals surface area contributed by atoms with Gasteiger partial charge in [-0.2, -0.15) is 13.2 Å². The predicted molar refractivity (Wildman–Crippen MR) is 62.7 cm³/mol. The Balaban J connectivity index is 2.42. The Hall–Kier alpha value is -1.21. The van der Waals surface area contributed by atoms with Crippen LogP contribution in [0.2, 0.25) is 0 Å². The molecule has 1 saturated heterocycles. The molecule has 1 aliphatic rings. The molecule has 2 N–H and O–H groups in total. The van der Waals surface area contributed by atoms with Crippen molar-refractivity contribution in [3.05, 3.63) is 23.8 Å². The van der Waals surface area contributed by atoms with Crippen LogP contribution in [-0.4, -0.2) is 30.3 Å². The molecule has 0 radical (unpaired) electrons. The van der Waals surface area contributed by atoms with Crippen LogP contribution in [-0.2, 0) is 6.18 Å². The van der Waals surface area contributed by atoms with Gasteiger partial charge in [-0.3, -0.25) is 0 Å². The first-order chi connectivity index (χ1) is 8.38. The second-order valence-corrected chi connectivity index (χ2v) is 4.38. The highest BCUT2D eigenvalue weighted by molar-refractivity contribution is 6.58. The molecule has 1 heterocycles. The SMILES string of the molecule is OB(O)c1cc(N2CCCC2)cc(C(F)(F)F)c1. The third-order valence-electron chi connectivity index (χ3n) is 3.04. The molecular weight excluding hydrogens is 246 g/mol. The summed E-state index contributed by atoms with van der Waals surface area (Å²) in [5.74, 6) is 0. The number of benzene rings is 1. The van der Waals surface area contributed by atoms with Crippen LogP contribution in [0, 0.1) is 0 Å². The van der Waals surface area contributed by atoms with Crippen LogP contribution >= 0.6 is 0 Å². The molecule has 0 saturated carbocycles. The second kappa shape index (κ2) is 4.82. The van der Waals surface area contributed by atoms with Crippen LogP contribution in [0.4, 0.5) is 18.9 Å². The number of hydrogen-bond acceptors (Lipinski definition) is 3. The minimum Gasteiger partial charge on any atom is -0.423 e. The van der Waals surface area contributed by atoms with Gasteiger partial charge in [0.1, 0.15) is 0 Å². The molecule has 2 rings (SSSR count). The number of halogens is 3. The number of anilines is 1. The fraction of sp³-hybridized carbons (Fsp3) is 0.455. The maximum Gasteiger partial charge on any atom is 0.488 e. The van der Waals surface area contributed by atoms with E-state index in [-0.39, 0.29) is 5.46 Å². The van der Waals surface area contributed by atoms with Gasteiger partial charge in [-0.25, -0.2) is 0 Å². The minimum atomic E-state index is -4.49. The van der Waals surface area contributed by atoms with Gasteiger partial charge in [0.15, 0.2) is 0 Å². The van der Waals surface area contributed by atoms with Crippen LogP contribution in [0.25, 0.3) is 0 Å². The summed E-state index contributed by atoms with van der Waals surface area (Å²) in [6.45, 7) is 1.39. The Morgan fingerprint density at radius 1 is 1.06 bits per heavy atom. The molecule has 0 aromatic heterocycles. The van der Waals surface area contributed by atoms with Gasteiger partial charge in [0.2, 0.25) is 0 Å². The van der Waals surface area contributed by atoms with E-state index in [0.717, 1.165) is 25.0 Å². The first-order valence-corrected chi connectivity index (χ1v) is 5.71. The van der Waals surface area contributed by atoms with Crippen LogP contribution in [0.1, 0.15) is 18.4 Å². The molecule has 0 bridgehead atoms. The molecule has 0 amide bonds. The van der Waals surface area contributed by atoms with Crippen molar-refractivity contribution in [2.75, 3.05) is 18.0 Å². The van der Waals surface area contributed by atoms with E-state index in [1.165, 1.54) is 6.07 Å². The summed E-state index contributed by atoms with van der Waals surface area (Å²) < 4.78 is 38.1. The Morgan fingerprint density at radius 3 is 2.17 bits per heavy atom. The monoisotopic (exact) mass is 259 g/mol. The van der Waals surface area contributed by atoms with E-state index in [2.05, 4.69) is 0 Å². The molecule has 1 aliphatic heterocycles. The normalized spacial score (nSPS) is 16.2. The molecule has 0 unspecified atom stereocenters. The zero-order valence-corrected chi connectivity index (χ0v) is 9.61. The van der Waals surface area contributed by atoms with Crippen molar-refractivity contribution in [3.8, 4) is 0 Å². The molecule has 1 aromatic rings. The Kier molecular flexibility index (Phi) is 3.54. The molecule has 0 aliphatic carbocycles. The third kappa shape index (κ3) is 2.79. The molecule has 3 nitrogen and oxygen atoms in total. The van der Waals surface area contributed by atoms with E-state index < -0.39 is 18.9 Å². The van der Waals surface area contributed by atoms with Gasteiger partial charge < -0.3 is 14.9 Å². The molecule has 1 aromatic carbocycles. The lowest BCUT2D eigenvalue weighted by Gasteiger charge is -2.20. The smallest absolute Gasteiger partial charge is 0.423 e. The van der Waals surface area contributed by atoms with Gasteiger partial charge in [-0.1, -0.05) is 6.07 Å². The third-order valence-corrected chi connectivity index (χ3v) is 3.04. The highest BCUT2D eigenvalue weighted by Crippen LogP contribution is 2.32. The highest BCUT2D eigenvalue weighted by Gasteiger charge is 2.33. The lowest BCUT2D eigenvalue weighted by atomic mass is 9.79. The summed E-state index contributed by atoms with van der Waals surface area (Å²) in [5, 5.41) is 18.1. The molecule has 7 heteroatoms. The Morgan fingerprint density at radius 2 is 1.67 bits per heavy atom. The predicted octanol–water partition coefficient (Wildman–Crippen LogP) is 0.985. The first kappa shape index (κ1) is 13.2. The minimum absolute atomic E-state index is 0.133. The molecular formula is C11H13BF3NO2. The van der Waals surface area contributed by atoms with Crippen molar-refractivity contribution in [2.45, 2.75) is 19.0 Å². The topological polar surface area (TPSA) is 43.7 Å². The van der Waals surface area contributed by atoms with Crippen molar-refractivity contribution in [1.82, 2.24) is 0 Å². The Bertz CT molecular complexity index is 431. The van der Waals surface area contributed by atoms with Gasteiger partial charge >= 0.3 is 13.3 Å². The van der Waals surface area contributed by atoms with Crippen LogP contribution in [0.3, 0.4) is 0 Å². The molecule has 18 heavy (non-hydrogen) atoms. The van der Waals surface area contributed by atoms with Gasteiger partial charge in [0.25, 0.3) is 0 Å². The molecule has 0 atom stereocenters. The number of alkyl halides is 3. The van der Waals surface area contributed by atoms with Crippen molar-refractivity contribution in [1.29, 1.82) is 0 Å². The fourth-order valence-electron chi connectivity index (χ4n) is 2.11. The zero-order valence-electron chi connectivity index (χ0n) is 9.61. The van der Waals surface area contributed by atoms with Gasteiger partial charge in [0, 0.05) is 18.8 Å². The summed E-state index contributed by atoms with van der Waals surface area (Å²) in [6, 6.07) is 3.21. The van der Waals surface area contributed by atoms with Crippen LogP contribution in [0.15, 0.2) is 18.2 Å². The fourth-order valence-corrected chi connectivity index (χ4v) is 2.11.